The summed E-state index contributed by atoms with van der Waals surface area (Å²) in [5.74, 6) is 0. The lowest BCUT2D eigenvalue weighted by Gasteiger charge is -2.35. The largest absolute Gasteiger partial charge is 0.310 e. The minimum Gasteiger partial charge on any atom is -0.310 e. The molecule has 60 heavy (non-hydrogen) atoms. The summed E-state index contributed by atoms with van der Waals surface area (Å²) in [5, 5.41) is 19.6. The summed E-state index contributed by atoms with van der Waals surface area (Å²) < 4.78 is 5.03. The monoisotopic (exact) mass is 758 g/mol. The zero-order chi connectivity index (χ0) is 39.8. The van der Waals surface area contributed by atoms with Crippen molar-refractivity contribution in [2.24, 2.45) is 0 Å². The fourth-order valence-corrected chi connectivity index (χ4v) is 11.8. The van der Waals surface area contributed by atoms with Gasteiger partial charge in [-0.3, -0.25) is 0 Å². The molecule has 4 nitrogen and oxygen atoms in total. The third-order valence-electron chi connectivity index (χ3n) is 14.3. The standard InChI is InChI=1S/C55H31BN4/c1-55(2)41-17-9-8-15-38(41)49-37(16-10-18-42(49)55)33-26-47-52-48(27-33)60-46-22-20-34(58-3)28-40(46)51-36-14-7-5-12-32(36)25-44(54(51)60)56(52)43-24-31-11-4-6-13-35(31)50-39-23-30(29-57)19-21-45(39)59(47)53(43)50/h4-28H,1-2H3. The summed E-state index contributed by atoms with van der Waals surface area (Å²) in [6.45, 7) is 12.7. The first-order chi connectivity index (χ1) is 29.4. The van der Waals surface area contributed by atoms with Crippen molar-refractivity contribution in [2.45, 2.75) is 19.3 Å². The number of rotatable bonds is 1. The van der Waals surface area contributed by atoms with E-state index >= 15 is 0 Å². The van der Waals surface area contributed by atoms with Gasteiger partial charge in [0.25, 0.3) is 6.71 Å². The van der Waals surface area contributed by atoms with Crippen molar-refractivity contribution in [3.63, 3.8) is 0 Å². The fraction of sp³-hybridized carbons (Fsp3) is 0.0545. The molecule has 4 heterocycles. The van der Waals surface area contributed by atoms with E-state index in [1.165, 1.54) is 87.6 Å². The highest BCUT2D eigenvalue weighted by Gasteiger charge is 2.43. The Hall–Kier alpha value is -7.86. The molecule has 0 saturated carbocycles. The summed E-state index contributed by atoms with van der Waals surface area (Å²) >= 11 is 0. The Labute approximate surface area is 345 Å². The molecule has 0 N–H and O–H groups in total. The van der Waals surface area contributed by atoms with Crippen LogP contribution in [0.1, 0.15) is 30.5 Å². The quantitative estimate of drug-likeness (QED) is 0.121. The summed E-state index contributed by atoms with van der Waals surface area (Å²) in [7, 11) is 0. The molecule has 0 bridgehead atoms. The summed E-state index contributed by atoms with van der Waals surface area (Å²) in [6, 6.07) is 58.0. The van der Waals surface area contributed by atoms with E-state index in [9.17, 15) is 5.26 Å². The zero-order valence-electron chi connectivity index (χ0n) is 32.8. The van der Waals surface area contributed by atoms with Crippen LogP contribution in [0.2, 0.25) is 0 Å². The smallest absolute Gasteiger partial charge is 0.252 e. The average Bonchev–Trinajstić information content (AvgIpc) is 3.90. The Bertz CT molecular complexity index is 3760. The van der Waals surface area contributed by atoms with Crippen LogP contribution in [0.4, 0.5) is 5.69 Å². The second kappa shape index (κ2) is 10.8. The van der Waals surface area contributed by atoms with Crippen LogP contribution in [0.15, 0.2) is 152 Å². The van der Waals surface area contributed by atoms with Gasteiger partial charge in [0, 0.05) is 38.5 Å². The maximum Gasteiger partial charge on any atom is 0.252 e. The van der Waals surface area contributed by atoms with Gasteiger partial charge in [0.05, 0.1) is 34.8 Å². The van der Waals surface area contributed by atoms with Crippen LogP contribution in [0.3, 0.4) is 0 Å². The Morgan fingerprint density at radius 2 is 1.17 bits per heavy atom. The van der Waals surface area contributed by atoms with Gasteiger partial charge in [-0.15, -0.1) is 0 Å². The van der Waals surface area contributed by atoms with Crippen LogP contribution in [-0.2, 0) is 5.41 Å². The fourth-order valence-electron chi connectivity index (χ4n) is 11.8. The number of hydrogen-bond acceptors (Lipinski definition) is 1. The molecule has 0 spiro atoms. The summed E-state index contributed by atoms with van der Waals surface area (Å²) in [5.41, 5.74) is 19.6. The van der Waals surface area contributed by atoms with Crippen LogP contribution >= 0.6 is 0 Å². The predicted molar refractivity (Wildman–Crippen MR) is 249 cm³/mol. The molecule has 0 radical (unpaired) electrons. The second-order valence-corrected chi connectivity index (χ2v) is 17.4. The van der Waals surface area contributed by atoms with Gasteiger partial charge in [0.2, 0.25) is 0 Å². The first-order valence-corrected chi connectivity index (χ1v) is 20.6. The van der Waals surface area contributed by atoms with E-state index in [4.69, 9.17) is 6.57 Å². The molecule has 14 rings (SSSR count). The lowest BCUT2D eigenvalue weighted by atomic mass is 9.34. The minimum absolute atomic E-state index is 0.0752. The normalized spacial score (nSPS) is 13.9. The van der Waals surface area contributed by atoms with Gasteiger partial charge in [-0.1, -0.05) is 123 Å². The molecule has 5 heteroatoms. The van der Waals surface area contributed by atoms with Crippen molar-refractivity contribution in [1.82, 2.24) is 9.13 Å². The number of aromatic nitrogens is 2. The topological polar surface area (TPSA) is 38.0 Å². The van der Waals surface area contributed by atoms with Gasteiger partial charge in [0.1, 0.15) is 0 Å². The van der Waals surface area contributed by atoms with Crippen LogP contribution in [0.25, 0.3) is 104 Å². The van der Waals surface area contributed by atoms with E-state index in [2.05, 4.69) is 173 Å². The highest BCUT2D eigenvalue weighted by Crippen LogP contribution is 2.53. The molecule has 2 aliphatic heterocycles. The van der Waals surface area contributed by atoms with Gasteiger partial charge >= 0.3 is 0 Å². The van der Waals surface area contributed by atoms with Gasteiger partial charge in [-0.2, -0.15) is 5.26 Å². The van der Waals surface area contributed by atoms with Crippen molar-refractivity contribution in [2.75, 3.05) is 0 Å². The van der Waals surface area contributed by atoms with E-state index in [-0.39, 0.29) is 12.1 Å². The molecule has 9 aromatic carbocycles. The third kappa shape index (κ3) is 3.69. The Morgan fingerprint density at radius 1 is 0.583 bits per heavy atom. The van der Waals surface area contributed by atoms with E-state index in [0.29, 0.717) is 11.3 Å². The number of nitrogens with zero attached hydrogens (tertiary/aromatic N) is 4. The minimum atomic E-state index is -0.139. The maximum absolute atomic E-state index is 10.2. The molecule has 274 valence electrons. The molecule has 3 aliphatic rings. The zero-order valence-corrected chi connectivity index (χ0v) is 32.8. The van der Waals surface area contributed by atoms with Crippen molar-refractivity contribution in [3.05, 3.63) is 180 Å². The van der Waals surface area contributed by atoms with Crippen molar-refractivity contribution in [3.8, 4) is 39.7 Å². The Balaban J connectivity index is 1.23. The first-order valence-electron chi connectivity index (χ1n) is 20.6. The van der Waals surface area contributed by atoms with Crippen molar-refractivity contribution in [1.29, 1.82) is 5.26 Å². The molecule has 0 amide bonds. The van der Waals surface area contributed by atoms with Crippen LogP contribution in [-0.4, -0.2) is 15.8 Å². The van der Waals surface area contributed by atoms with E-state index < -0.39 is 0 Å². The van der Waals surface area contributed by atoms with Gasteiger partial charge in [0.15, 0.2) is 5.69 Å². The average molecular weight is 759 g/mol. The maximum atomic E-state index is 10.2. The second-order valence-electron chi connectivity index (χ2n) is 17.4. The molecule has 0 unspecified atom stereocenters. The number of hydrogen-bond donors (Lipinski definition) is 0. The number of nitriles is 1. The highest BCUT2D eigenvalue weighted by molar-refractivity contribution is 7.00. The van der Waals surface area contributed by atoms with Crippen molar-refractivity contribution < 1.29 is 0 Å². The van der Waals surface area contributed by atoms with E-state index in [1.807, 2.05) is 12.1 Å². The van der Waals surface area contributed by atoms with E-state index in [0.717, 1.165) is 38.7 Å². The molecular formula is C55H31BN4. The molecule has 0 fully saturated rings. The Morgan fingerprint density at radius 3 is 1.83 bits per heavy atom. The van der Waals surface area contributed by atoms with Crippen LogP contribution in [0.5, 0.6) is 0 Å². The molecule has 0 atom stereocenters. The third-order valence-corrected chi connectivity index (χ3v) is 14.3. The molecule has 2 aromatic heterocycles. The van der Waals surface area contributed by atoms with Crippen LogP contribution < -0.4 is 16.4 Å². The first kappa shape index (κ1) is 32.1. The van der Waals surface area contributed by atoms with Gasteiger partial charge in [-0.25, -0.2) is 4.85 Å². The molecular weight excluding hydrogens is 727 g/mol. The molecule has 11 aromatic rings. The van der Waals surface area contributed by atoms with Crippen molar-refractivity contribution >= 4 is 93.9 Å². The number of benzene rings is 9. The molecule has 0 saturated heterocycles. The molecule has 1 aliphatic carbocycles. The van der Waals surface area contributed by atoms with Gasteiger partial charge in [-0.05, 0) is 119 Å². The van der Waals surface area contributed by atoms with Crippen LogP contribution in [0, 0.1) is 17.9 Å². The van der Waals surface area contributed by atoms with Gasteiger partial charge < -0.3 is 9.13 Å². The summed E-state index contributed by atoms with van der Waals surface area (Å²) in [4.78, 5) is 3.93. The predicted octanol–water partition coefficient (Wildman–Crippen LogP) is 11.7. The van der Waals surface area contributed by atoms with E-state index in [1.54, 1.807) is 0 Å². The SMILES string of the molecule is [C-]#[N+]c1ccc2c(c1)c1c3ccccc3cc3c1n2-c1cc(-c2cccc4c2-c2ccccc2C4(C)C)cc2c1B3c1cc3ccccc3c3c4cc(C#N)ccc4n-2c13. The highest BCUT2D eigenvalue weighted by atomic mass is 15.0. The Kier molecular flexibility index (Phi) is 5.78. The number of fused-ring (bicyclic) bond motifs is 17. The lowest BCUT2D eigenvalue weighted by Crippen LogP contribution is -2.59. The summed E-state index contributed by atoms with van der Waals surface area (Å²) in [6.07, 6.45) is 0. The lowest BCUT2D eigenvalue weighted by molar-refractivity contribution is 0.660.